The molecule has 1 amide bonds. The van der Waals surface area contributed by atoms with Crippen LogP contribution in [0.15, 0.2) is 54.7 Å². The number of amides is 1. The first-order valence-corrected chi connectivity index (χ1v) is 10.3. The molecular formula is C23H26ClN3O3. The molecule has 0 unspecified atom stereocenters. The molecule has 0 aliphatic rings. The number of carbonyl (C=O) groups excluding carboxylic acids is 1. The number of ether oxygens (including phenoxy) is 2. The van der Waals surface area contributed by atoms with Crippen molar-refractivity contribution in [3.05, 3.63) is 76.4 Å². The molecule has 0 aliphatic heterocycles. The largest absolute Gasteiger partial charge is 0.379 e. The van der Waals surface area contributed by atoms with E-state index in [4.69, 9.17) is 21.1 Å². The van der Waals surface area contributed by atoms with Gasteiger partial charge >= 0.3 is 0 Å². The minimum absolute atomic E-state index is 0.198. The van der Waals surface area contributed by atoms with Crippen LogP contribution in [0, 0.1) is 0 Å². The van der Waals surface area contributed by atoms with Crippen LogP contribution in [0.1, 0.15) is 28.4 Å². The van der Waals surface area contributed by atoms with Gasteiger partial charge in [-0.25, -0.2) is 0 Å². The van der Waals surface area contributed by atoms with Crippen LogP contribution in [-0.4, -0.2) is 35.5 Å². The number of carbonyl (C=O) groups is 1. The average molecular weight is 428 g/mol. The smallest absolute Gasteiger partial charge is 0.255 e. The minimum atomic E-state index is -0.198. The van der Waals surface area contributed by atoms with Crippen LogP contribution in [0.25, 0.3) is 11.3 Å². The van der Waals surface area contributed by atoms with Crippen molar-refractivity contribution in [1.82, 2.24) is 15.1 Å². The number of nitrogens with zero attached hydrogens (tertiary/aromatic N) is 2. The van der Waals surface area contributed by atoms with Crippen molar-refractivity contribution in [3.8, 4) is 11.3 Å². The summed E-state index contributed by atoms with van der Waals surface area (Å²) >= 11 is 6.30. The molecule has 0 aliphatic carbocycles. The van der Waals surface area contributed by atoms with Crippen molar-refractivity contribution in [2.75, 3.05) is 19.8 Å². The fraction of sp³-hybridized carbons (Fsp3) is 0.304. The van der Waals surface area contributed by atoms with Gasteiger partial charge in [-0.05, 0) is 24.1 Å². The molecule has 0 saturated carbocycles. The summed E-state index contributed by atoms with van der Waals surface area (Å²) in [5.74, 6) is -0.198. The Labute approximate surface area is 181 Å². The second-order valence-corrected chi connectivity index (χ2v) is 7.20. The summed E-state index contributed by atoms with van der Waals surface area (Å²) in [6, 6.07) is 15.3. The Morgan fingerprint density at radius 1 is 1.10 bits per heavy atom. The molecule has 0 bridgehead atoms. The van der Waals surface area contributed by atoms with Crippen molar-refractivity contribution in [2.45, 2.75) is 20.1 Å². The monoisotopic (exact) mass is 427 g/mol. The highest BCUT2D eigenvalue weighted by Crippen LogP contribution is 2.29. The van der Waals surface area contributed by atoms with Gasteiger partial charge in [-0.2, -0.15) is 5.10 Å². The maximum atomic E-state index is 12.8. The van der Waals surface area contributed by atoms with E-state index in [0.717, 1.165) is 16.7 Å². The van der Waals surface area contributed by atoms with Gasteiger partial charge in [0, 0.05) is 32.0 Å². The third-order valence-electron chi connectivity index (χ3n) is 4.49. The van der Waals surface area contributed by atoms with Crippen molar-refractivity contribution in [1.29, 1.82) is 0 Å². The lowest BCUT2D eigenvalue weighted by molar-refractivity contribution is 0.0453. The summed E-state index contributed by atoms with van der Waals surface area (Å²) in [6.45, 7) is 4.71. The average Bonchev–Trinajstić information content (AvgIpc) is 3.14. The predicted molar refractivity (Wildman–Crippen MR) is 117 cm³/mol. The van der Waals surface area contributed by atoms with Gasteiger partial charge in [-0.1, -0.05) is 54.1 Å². The molecule has 0 fully saturated rings. The molecule has 6 nitrogen and oxygen atoms in total. The number of aryl methyl sites for hydroxylation is 1. The van der Waals surface area contributed by atoms with E-state index in [1.54, 1.807) is 24.0 Å². The normalized spacial score (nSPS) is 10.9. The van der Waals surface area contributed by atoms with Crippen molar-refractivity contribution < 1.29 is 14.3 Å². The zero-order valence-corrected chi connectivity index (χ0v) is 18.0. The van der Waals surface area contributed by atoms with E-state index in [0.29, 0.717) is 49.3 Å². The lowest BCUT2D eigenvalue weighted by Gasteiger charge is -2.09. The Bertz CT molecular complexity index is 987. The molecule has 2 aromatic carbocycles. The molecule has 30 heavy (non-hydrogen) atoms. The molecule has 7 heteroatoms. The second-order valence-electron chi connectivity index (χ2n) is 6.80. The van der Waals surface area contributed by atoms with Crippen molar-refractivity contribution >= 4 is 17.5 Å². The molecular weight excluding hydrogens is 402 g/mol. The quantitative estimate of drug-likeness (QED) is 0.492. The van der Waals surface area contributed by atoms with E-state index >= 15 is 0 Å². The lowest BCUT2D eigenvalue weighted by Crippen LogP contribution is -2.23. The number of hydrogen-bond donors (Lipinski definition) is 1. The molecule has 3 aromatic rings. The van der Waals surface area contributed by atoms with Crippen LogP contribution in [-0.2, 0) is 29.7 Å². The standard InChI is InChI=1S/C23H26ClN3O3/c1-3-29-11-12-30-16-18-8-6-7-17(13-18)14-25-23(28)20-15-27(2)26-22(20)19-9-4-5-10-21(19)24/h4-10,13,15H,3,11-12,14,16H2,1-2H3,(H,25,28). The summed E-state index contributed by atoms with van der Waals surface area (Å²) < 4.78 is 12.5. The van der Waals surface area contributed by atoms with Gasteiger partial charge < -0.3 is 14.8 Å². The van der Waals surface area contributed by atoms with E-state index in [2.05, 4.69) is 10.4 Å². The van der Waals surface area contributed by atoms with E-state index in [-0.39, 0.29) is 5.91 Å². The Hall–Kier alpha value is -2.67. The van der Waals surface area contributed by atoms with E-state index < -0.39 is 0 Å². The molecule has 3 rings (SSSR count). The molecule has 158 valence electrons. The highest BCUT2D eigenvalue weighted by Gasteiger charge is 2.18. The van der Waals surface area contributed by atoms with Gasteiger partial charge in [-0.3, -0.25) is 9.48 Å². The molecule has 1 N–H and O–H groups in total. The third-order valence-corrected chi connectivity index (χ3v) is 4.82. The number of aromatic nitrogens is 2. The molecule has 0 atom stereocenters. The fourth-order valence-electron chi connectivity index (χ4n) is 3.07. The highest BCUT2D eigenvalue weighted by molar-refractivity contribution is 6.33. The lowest BCUT2D eigenvalue weighted by atomic mass is 10.1. The first-order chi connectivity index (χ1) is 14.6. The Balaban J connectivity index is 1.63. The topological polar surface area (TPSA) is 65.4 Å². The van der Waals surface area contributed by atoms with Crippen LogP contribution in [0.3, 0.4) is 0 Å². The maximum absolute atomic E-state index is 12.8. The number of halogens is 1. The maximum Gasteiger partial charge on any atom is 0.255 e. The number of nitrogens with one attached hydrogen (secondary N) is 1. The van der Waals surface area contributed by atoms with Crippen LogP contribution in [0.2, 0.25) is 5.02 Å². The zero-order chi connectivity index (χ0) is 21.3. The SMILES string of the molecule is CCOCCOCc1cccc(CNC(=O)c2cn(C)nc2-c2ccccc2Cl)c1. The van der Waals surface area contributed by atoms with Gasteiger partial charge in [0.15, 0.2) is 0 Å². The van der Waals surface area contributed by atoms with Crippen molar-refractivity contribution in [2.24, 2.45) is 7.05 Å². The van der Waals surface area contributed by atoms with Gasteiger partial charge in [0.05, 0.1) is 30.4 Å². The Morgan fingerprint density at radius 2 is 1.87 bits per heavy atom. The van der Waals surface area contributed by atoms with Crippen LogP contribution in [0.5, 0.6) is 0 Å². The third kappa shape index (κ3) is 5.92. The molecule has 1 heterocycles. The van der Waals surface area contributed by atoms with Crippen LogP contribution >= 0.6 is 11.6 Å². The van der Waals surface area contributed by atoms with E-state index in [9.17, 15) is 4.79 Å². The van der Waals surface area contributed by atoms with Gasteiger partial charge in [-0.15, -0.1) is 0 Å². The number of rotatable bonds is 10. The fourth-order valence-corrected chi connectivity index (χ4v) is 3.29. The molecule has 0 saturated heterocycles. The first kappa shape index (κ1) is 22.0. The minimum Gasteiger partial charge on any atom is -0.379 e. The Morgan fingerprint density at radius 3 is 2.67 bits per heavy atom. The first-order valence-electron chi connectivity index (χ1n) is 9.88. The van der Waals surface area contributed by atoms with E-state index in [1.165, 1.54) is 0 Å². The van der Waals surface area contributed by atoms with Crippen LogP contribution < -0.4 is 5.32 Å². The van der Waals surface area contributed by atoms with Gasteiger partial charge in [0.1, 0.15) is 5.69 Å². The summed E-state index contributed by atoms with van der Waals surface area (Å²) in [6.07, 6.45) is 1.70. The van der Waals surface area contributed by atoms with Gasteiger partial charge in [0.2, 0.25) is 0 Å². The summed E-state index contributed by atoms with van der Waals surface area (Å²) in [5, 5.41) is 7.96. The summed E-state index contributed by atoms with van der Waals surface area (Å²) in [5.41, 5.74) is 3.84. The van der Waals surface area contributed by atoms with E-state index in [1.807, 2.05) is 49.4 Å². The molecule has 0 spiro atoms. The molecule has 0 radical (unpaired) electrons. The van der Waals surface area contributed by atoms with Crippen molar-refractivity contribution in [3.63, 3.8) is 0 Å². The second kappa shape index (κ2) is 10.9. The zero-order valence-electron chi connectivity index (χ0n) is 17.2. The number of benzene rings is 2. The highest BCUT2D eigenvalue weighted by atomic mass is 35.5. The Kier molecular flexibility index (Phi) is 8.02. The van der Waals surface area contributed by atoms with Crippen LogP contribution in [0.4, 0.5) is 0 Å². The predicted octanol–water partition coefficient (Wildman–Crippen LogP) is 4.22. The summed E-state index contributed by atoms with van der Waals surface area (Å²) in [4.78, 5) is 12.8. The number of hydrogen-bond acceptors (Lipinski definition) is 4. The van der Waals surface area contributed by atoms with Gasteiger partial charge in [0.25, 0.3) is 5.91 Å². The molecule has 1 aromatic heterocycles. The summed E-state index contributed by atoms with van der Waals surface area (Å²) in [7, 11) is 1.78.